The Kier molecular flexibility index (Phi) is 5.55. The fourth-order valence-corrected chi connectivity index (χ4v) is 4.06. The van der Waals surface area contributed by atoms with E-state index in [1.165, 1.54) is 31.4 Å². The summed E-state index contributed by atoms with van der Waals surface area (Å²) in [7, 11) is 0. The highest BCUT2D eigenvalue weighted by Gasteiger charge is 2.32. The van der Waals surface area contributed by atoms with Gasteiger partial charge in [-0.3, -0.25) is 4.79 Å². The van der Waals surface area contributed by atoms with Gasteiger partial charge in [-0.05, 0) is 50.3 Å². The number of para-hydroxylation sites is 2. The van der Waals surface area contributed by atoms with Crippen LogP contribution in [-0.2, 0) is 4.79 Å². The summed E-state index contributed by atoms with van der Waals surface area (Å²) in [6.07, 6.45) is 8.27. The zero-order valence-corrected chi connectivity index (χ0v) is 14.0. The molecule has 1 aromatic carbocycles. The Labute approximate surface area is 139 Å². The van der Waals surface area contributed by atoms with Gasteiger partial charge in [-0.15, -0.1) is 0 Å². The average Bonchev–Trinajstić information content (AvgIpc) is 2.90. The third-order valence-corrected chi connectivity index (χ3v) is 5.41. The molecule has 1 aromatic rings. The van der Waals surface area contributed by atoms with Gasteiger partial charge in [-0.25, -0.2) is 0 Å². The van der Waals surface area contributed by atoms with Gasteiger partial charge in [0.2, 0.25) is 5.91 Å². The van der Waals surface area contributed by atoms with Crippen LogP contribution in [-0.4, -0.2) is 25.5 Å². The Morgan fingerprint density at radius 1 is 1.09 bits per heavy atom. The molecule has 3 N–H and O–H groups in total. The lowest BCUT2D eigenvalue weighted by molar-refractivity contribution is -0.120. The molecule has 23 heavy (non-hydrogen) atoms. The van der Waals surface area contributed by atoms with Gasteiger partial charge in [0.1, 0.15) is 0 Å². The summed E-state index contributed by atoms with van der Waals surface area (Å²) in [6.45, 7) is 2.79. The van der Waals surface area contributed by atoms with E-state index in [9.17, 15) is 4.79 Å². The number of hydrogen-bond donors (Lipinski definition) is 2. The van der Waals surface area contributed by atoms with Crippen LogP contribution in [0.5, 0.6) is 0 Å². The maximum absolute atomic E-state index is 12.7. The molecule has 0 unspecified atom stereocenters. The van der Waals surface area contributed by atoms with E-state index in [1.807, 2.05) is 12.1 Å². The minimum absolute atomic E-state index is 0.0807. The molecule has 1 saturated heterocycles. The number of rotatable bonds is 4. The van der Waals surface area contributed by atoms with Crippen molar-refractivity contribution in [1.29, 1.82) is 0 Å². The molecule has 1 aliphatic heterocycles. The molecule has 1 aliphatic carbocycles. The highest BCUT2D eigenvalue weighted by molar-refractivity contribution is 5.96. The molecule has 4 nitrogen and oxygen atoms in total. The van der Waals surface area contributed by atoms with Crippen molar-refractivity contribution in [2.75, 3.05) is 29.9 Å². The molecule has 1 heterocycles. The van der Waals surface area contributed by atoms with Gasteiger partial charge < -0.3 is 16.0 Å². The number of amides is 1. The lowest BCUT2D eigenvalue weighted by atomic mass is 9.95. The number of anilines is 2. The third kappa shape index (κ3) is 3.86. The van der Waals surface area contributed by atoms with Crippen molar-refractivity contribution in [2.24, 2.45) is 17.6 Å². The Bertz CT molecular complexity index is 523. The second kappa shape index (κ2) is 7.82. The molecule has 1 amide bonds. The number of carbonyl (C=O) groups is 1. The van der Waals surface area contributed by atoms with Crippen LogP contribution in [0.3, 0.4) is 0 Å². The predicted molar refractivity (Wildman–Crippen MR) is 95.6 cm³/mol. The van der Waals surface area contributed by atoms with Crippen molar-refractivity contribution in [2.45, 2.75) is 44.9 Å². The topological polar surface area (TPSA) is 58.4 Å². The van der Waals surface area contributed by atoms with E-state index in [0.717, 1.165) is 38.0 Å². The summed E-state index contributed by atoms with van der Waals surface area (Å²) in [5, 5.41) is 3.20. The zero-order chi connectivity index (χ0) is 16.1. The van der Waals surface area contributed by atoms with Crippen molar-refractivity contribution in [1.82, 2.24) is 0 Å². The third-order valence-electron chi connectivity index (χ3n) is 5.41. The summed E-state index contributed by atoms with van der Waals surface area (Å²) in [6, 6.07) is 8.24. The second-order valence-electron chi connectivity index (χ2n) is 6.94. The summed E-state index contributed by atoms with van der Waals surface area (Å²) in [5.41, 5.74) is 7.96. The molecular formula is C19H29N3O. The van der Waals surface area contributed by atoms with E-state index >= 15 is 0 Å². The van der Waals surface area contributed by atoms with Crippen LogP contribution in [0.4, 0.5) is 11.4 Å². The van der Waals surface area contributed by atoms with Gasteiger partial charge in [-0.1, -0.05) is 31.4 Å². The van der Waals surface area contributed by atoms with Crippen molar-refractivity contribution < 1.29 is 4.79 Å². The first-order valence-electron chi connectivity index (χ1n) is 9.14. The number of hydrogen-bond acceptors (Lipinski definition) is 3. The maximum atomic E-state index is 12.7. The summed E-state index contributed by atoms with van der Waals surface area (Å²) >= 11 is 0. The highest BCUT2D eigenvalue weighted by atomic mass is 16.1. The predicted octanol–water partition coefficient (Wildman–Crippen LogP) is 3.38. The zero-order valence-electron chi connectivity index (χ0n) is 14.0. The molecule has 4 heteroatoms. The first-order chi connectivity index (χ1) is 11.3. The van der Waals surface area contributed by atoms with E-state index in [0.29, 0.717) is 12.5 Å². The van der Waals surface area contributed by atoms with E-state index in [-0.39, 0.29) is 11.8 Å². The van der Waals surface area contributed by atoms with E-state index in [4.69, 9.17) is 5.73 Å². The number of carbonyl (C=O) groups excluding carboxylic acids is 1. The molecule has 2 fully saturated rings. The van der Waals surface area contributed by atoms with Crippen molar-refractivity contribution >= 4 is 17.3 Å². The quantitative estimate of drug-likeness (QED) is 0.895. The average molecular weight is 315 g/mol. The fraction of sp³-hybridized carbons (Fsp3) is 0.632. The Morgan fingerprint density at radius 2 is 1.83 bits per heavy atom. The molecule has 0 radical (unpaired) electrons. The van der Waals surface area contributed by atoms with Crippen LogP contribution in [0.15, 0.2) is 24.3 Å². The van der Waals surface area contributed by atoms with Gasteiger partial charge in [0.25, 0.3) is 0 Å². The fourth-order valence-electron chi connectivity index (χ4n) is 4.06. The monoisotopic (exact) mass is 315 g/mol. The van der Waals surface area contributed by atoms with Crippen LogP contribution >= 0.6 is 0 Å². The molecule has 126 valence electrons. The maximum Gasteiger partial charge on any atom is 0.227 e. The van der Waals surface area contributed by atoms with Crippen LogP contribution in [0.25, 0.3) is 0 Å². The van der Waals surface area contributed by atoms with Gasteiger partial charge in [0.15, 0.2) is 0 Å². The normalized spacial score (nSPS) is 25.2. The summed E-state index contributed by atoms with van der Waals surface area (Å²) in [5.74, 6) is 0.581. The lowest BCUT2D eigenvalue weighted by Crippen LogP contribution is -2.31. The molecule has 3 rings (SSSR count). The van der Waals surface area contributed by atoms with Crippen LogP contribution in [0, 0.1) is 11.8 Å². The smallest absolute Gasteiger partial charge is 0.227 e. The molecule has 1 saturated carbocycles. The van der Waals surface area contributed by atoms with Crippen molar-refractivity contribution in [3.63, 3.8) is 0 Å². The number of nitrogens with zero attached hydrogens (tertiary/aromatic N) is 1. The summed E-state index contributed by atoms with van der Waals surface area (Å²) in [4.78, 5) is 15.1. The first-order valence-corrected chi connectivity index (χ1v) is 9.14. The van der Waals surface area contributed by atoms with Gasteiger partial charge >= 0.3 is 0 Å². The van der Waals surface area contributed by atoms with Crippen LogP contribution in [0.1, 0.15) is 44.9 Å². The Morgan fingerprint density at radius 3 is 2.57 bits per heavy atom. The van der Waals surface area contributed by atoms with E-state index < -0.39 is 0 Å². The van der Waals surface area contributed by atoms with Crippen LogP contribution in [0.2, 0.25) is 0 Å². The largest absolute Gasteiger partial charge is 0.370 e. The number of nitrogens with one attached hydrogen (secondary N) is 1. The van der Waals surface area contributed by atoms with E-state index in [2.05, 4.69) is 22.3 Å². The first kappa shape index (κ1) is 16.3. The van der Waals surface area contributed by atoms with Crippen LogP contribution < -0.4 is 16.0 Å². The molecule has 0 spiro atoms. The molecule has 0 bridgehead atoms. The second-order valence-corrected chi connectivity index (χ2v) is 6.94. The minimum Gasteiger partial charge on any atom is -0.370 e. The summed E-state index contributed by atoms with van der Waals surface area (Å²) < 4.78 is 0. The lowest BCUT2D eigenvalue weighted by Gasteiger charge is -2.26. The van der Waals surface area contributed by atoms with Gasteiger partial charge in [-0.2, -0.15) is 0 Å². The van der Waals surface area contributed by atoms with E-state index in [1.54, 1.807) is 0 Å². The Balaban J connectivity index is 1.73. The molecular weight excluding hydrogens is 286 g/mol. The molecule has 2 atom stereocenters. The van der Waals surface area contributed by atoms with Crippen molar-refractivity contribution in [3.05, 3.63) is 24.3 Å². The van der Waals surface area contributed by atoms with Gasteiger partial charge in [0, 0.05) is 19.0 Å². The number of nitrogens with two attached hydrogens (primary N) is 1. The highest BCUT2D eigenvalue weighted by Crippen LogP contribution is 2.34. The standard InChI is InChI=1S/C19H29N3O/c20-14-15-8-7-9-16(15)19(23)21-17-10-3-4-11-18(17)22-12-5-1-2-6-13-22/h3-4,10-11,15-16H,1-2,5-9,12-14,20H2,(H,21,23)/t15-,16-/m1/s1. The van der Waals surface area contributed by atoms with Gasteiger partial charge in [0.05, 0.1) is 11.4 Å². The minimum atomic E-state index is 0.0807. The molecule has 0 aromatic heterocycles. The van der Waals surface area contributed by atoms with Crippen molar-refractivity contribution in [3.8, 4) is 0 Å². The number of benzene rings is 1. The SMILES string of the molecule is NC[C@H]1CCC[C@H]1C(=O)Nc1ccccc1N1CCCCCC1. The molecule has 2 aliphatic rings. The Hall–Kier alpha value is -1.55.